The van der Waals surface area contributed by atoms with Gasteiger partial charge in [-0.1, -0.05) is 77.8 Å². The summed E-state index contributed by atoms with van der Waals surface area (Å²) < 4.78 is 1.93. The summed E-state index contributed by atoms with van der Waals surface area (Å²) in [5, 5.41) is 28.0. The molecule has 1 aliphatic rings. The second-order valence-electron chi connectivity index (χ2n) is 10.0. The highest BCUT2D eigenvalue weighted by Crippen LogP contribution is 2.38. The third-order valence-corrected chi connectivity index (χ3v) is 7.74. The number of nitriles is 1. The number of halogens is 2. The van der Waals surface area contributed by atoms with E-state index in [0.29, 0.717) is 32.9 Å². The van der Waals surface area contributed by atoms with Crippen molar-refractivity contribution in [1.29, 1.82) is 5.26 Å². The molecule has 2 heterocycles. The minimum atomic E-state index is -0.323. The molecule has 0 saturated heterocycles. The summed E-state index contributed by atoms with van der Waals surface area (Å²) in [6, 6.07) is 24.1. The first kappa shape index (κ1) is 26.1. The molecule has 0 bridgehead atoms. The number of hydrogen-bond donors (Lipinski definition) is 2. The highest BCUT2D eigenvalue weighted by atomic mass is 35.5. The Kier molecular flexibility index (Phi) is 7.29. The Morgan fingerprint density at radius 1 is 1.02 bits per heavy atom. The summed E-state index contributed by atoms with van der Waals surface area (Å²) in [6.07, 6.45) is 6.63. The van der Waals surface area contributed by atoms with Crippen LogP contribution in [0.1, 0.15) is 66.7 Å². The Balaban J connectivity index is 1.43. The van der Waals surface area contributed by atoms with Gasteiger partial charge in [-0.2, -0.15) is 5.26 Å². The van der Waals surface area contributed by atoms with E-state index in [-0.39, 0.29) is 12.1 Å². The molecule has 6 rings (SSSR count). The van der Waals surface area contributed by atoms with Crippen molar-refractivity contribution >= 4 is 45.5 Å². The van der Waals surface area contributed by atoms with Gasteiger partial charge in [-0.25, -0.2) is 4.68 Å². The van der Waals surface area contributed by atoms with E-state index in [4.69, 9.17) is 23.2 Å². The first-order valence-corrected chi connectivity index (χ1v) is 14.1. The van der Waals surface area contributed by atoms with Gasteiger partial charge in [0.1, 0.15) is 11.8 Å². The fraction of sp³-hybridized carbons (Fsp3) is 0.226. The molecule has 200 valence electrons. The summed E-state index contributed by atoms with van der Waals surface area (Å²) in [6.45, 7) is 2.12. The van der Waals surface area contributed by atoms with Crippen molar-refractivity contribution in [3.05, 3.63) is 112 Å². The summed E-state index contributed by atoms with van der Waals surface area (Å²) in [4.78, 5) is 4.53. The maximum atomic E-state index is 9.98. The molecule has 0 amide bonds. The average molecular weight is 569 g/mol. The van der Waals surface area contributed by atoms with E-state index in [0.717, 1.165) is 47.2 Å². The Morgan fingerprint density at radius 3 is 2.55 bits per heavy atom. The second-order valence-corrected chi connectivity index (χ2v) is 10.9. The fourth-order valence-electron chi connectivity index (χ4n) is 4.98. The van der Waals surface area contributed by atoms with Crippen LogP contribution in [0.3, 0.4) is 0 Å². The third-order valence-electron chi connectivity index (χ3n) is 7.21. The predicted octanol–water partition coefficient (Wildman–Crippen LogP) is 8.10. The number of rotatable bonds is 9. The first-order chi connectivity index (χ1) is 19.5. The lowest BCUT2D eigenvalue weighted by molar-refractivity contribution is 0.610. The standard InChI is InChI=1S/C31H27Cl2N7/c1-2-27(19-7-4-3-5-8-19)37-29-21(16-34)17-35-31-25(29)14-23(15-26(31)33)36-30(20-9-6-10-22(32)13-20)28-18-40(39-38-28)24-11-12-24/h3-10,13-15,17-18,24,27,30,36H,2,11-12H2,1H3,(H,35,37). The predicted molar refractivity (Wildman–Crippen MR) is 160 cm³/mol. The van der Waals surface area contributed by atoms with Gasteiger partial charge in [-0.15, -0.1) is 5.10 Å². The van der Waals surface area contributed by atoms with Crippen molar-refractivity contribution in [3.8, 4) is 6.07 Å². The lowest BCUT2D eigenvalue weighted by atomic mass is 10.0. The SMILES string of the molecule is CCC(Nc1c(C#N)cnc2c(Cl)cc(NC(c3cccc(Cl)c3)c3cn(C4CC4)nn3)cc12)c1ccccc1. The van der Waals surface area contributed by atoms with Crippen LogP contribution in [0.2, 0.25) is 10.0 Å². The van der Waals surface area contributed by atoms with E-state index in [1.807, 2.05) is 65.5 Å². The van der Waals surface area contributed by atoms with Gasteiger partial charge in [0.2, 0.25) is 0 Å². The normalized spacial score (nSPS) is 14.4. The summed E-state index contributed by atoms with van der Waals surface area (Å²) in [5.74, 6) is 0. The maximum absolute atomic E-state index is 9.98. The first-order valence-electron chi connectivity index (χ1n) is 13.3. The van der Waals surface area contributed by atoms with Crippen molar-refractivity contribution in [2.45, 2.75) is 44.3 Å². The second kappa shape index (κ2) is 11.2. The average Bonchev–Trinajstić information content (AvgIpc) is 3.71. The van der Waals surface area contributed by atoms with E-state index in [1.54, 1.807) is 6.20 Å². The number of hydrogen-bond acceptors (Lipinski definition) is 6. The monoisotopic (exact) mass is 567 g/mol. The Labute approximate surface area is 242 Å². The molecule has 1 fully saturated rings. The largest absolute Gasteiger partial charge is 0.377 e. The Morgan fingerprint density at radius 2 is 1.82 bits per heavy atom. The van der Waals surface area contributed by atoms with Crippen LogP contribution < -0.4 is 10.6 Å². The quantitative estimate of drug-likeness (QED) is 0.187. The van der Waals surface area contributed by atoms with Gasteiger partial charge in [-0.05, 0) is 54.7 Å². The molecule has 2 unspecified atom stereocenters. The summed E-state index contributed by atoms with van der Waals surface area (Å²) in [7, 11) is 0. The molecule has 5 aromatic rings. The number of anilines is 2. The Bertz CT molecular complexity index is 1710. The van der Waals surface area contributed by atoms with Crippen molar-refractivity contribution < 1.29 is 0 Å². The molecule has 0 spiro atoms. The Hall–Kier alpha value is -4.12. The topological polar surface area (TPSA) is 91.5 Å². The number of fused-ring (bicyclic) bond motifs is 1. The highest BCUT2D eigenvalue weighted by molar-refractivity contribution is 6.36. The zero-order valence-electron chi connectivity index (χ0n) is 21.9. The number of benzene rings is 3. The van der Waals surface area contributed by atoms with Crippen LogP contribution in [0.4, 0.5) is 11.4 Å². The zero-order chi connectivity index (χ0) is 27.6. The number of nitrogens with one attached hydrogen (secondary N) is 2. The maximum Gasteiger partial charge on any atom is 0.109 e. The van der Waals surface area contributed by atoms with Gasteiger partial charge in [0.25, 0.3) is 0 Å². The number of nitrogens with zero attached hydrogens (tertiary/aromatic N) is 5. The minimum absolute atomic E-state index is 0.00552. The minimum Gasteiger partial charge on any atom is -0.377 e. The van der Waals surface area contributed by atoms with Crippen LogP contribution in [-0.4, -0.2) is 20.0 Å². The fourth-order valence-corrected chi connectivity index (χ4v) is 5.45. The molecule has 1 aliphatic carbocycles. The molecule has 7 nitrogen and oxygen atoms in total. The van der Waals surface area contributed by atoms with E-state index in [2.05, 4.69) is 51.1 Å². The van der Waals surface area contributed by atoms with Crippen molar-refractivity contribution in [2.75, 3.05) is 10.6 Å². The molecule has 0 aliphatic heterocycles. The third kappa shape index (κ3) is 5.33. The van der Waals surface area contributed by atoms with Crippen molar-refractivity contribution in [3.63, 3.8) is 0 Å². The van der Waals surface area contributed by atoms with Gasteiger partial charge >= 0.3 is 0 Å². The molecule has 2 atom stereocenters. The van der Waals surface area contributed by atoms with Crippen LogP contribution in [-0.2, 0) is 0 Å². The van der Waals surface area contributed by atoms with Gasteiger partial charge < -0.3 is 10.6 Å². The molecular weight excluding hydrogens is 541 g/mol. The van der Waals surface area contributed by atoms with Crippen LogP contribution in [0.15, 0.2) is 79.1 Å². The summed E-state index contributed by atoms with van der Waals surface area (Å²) in [5.41, 5.74) is 5.40. The van der Waals surface area contributed by atoms with Gasteiger partial charge in [0.05, 0.1) is 46.1 Å². The molecule has 40 heavy (non-hydrogen) atoms. The molecule has 1 saturated carbocycles. The molecular formula is C31H27Cl2N7. The van der Waals surface area contributed by atoms with Crippen molar-refractivity contribution in [1.82, 2.24) is 20.0 Å². The lowest BCUT2D eigenvalue weighted by Gasteiger charge is -2.22. The van der Waals surface area contributed by atoms with Gasteiger partial charge in [0, 0.05) is 22.3 Å². The van der Waals surface area contributed by atoms with Crippen LogP contribution in [0.25, 0.3) is 10.9 Å². The summed E-state index contributed by atoms with van der Waals surface area (Å²) >= 11 is 13.2. The van der Waals surface area contributed by atoms with E-state index >= 15 is 0 Å². The van der Waals surface area contributed by atoms with Crippen LogP contribution >= 0.6 is 23.2 Å². The number of pyridine rings is 1. The number of aromatic nitrogens is 4. The van der Waals surface area contributed by atoms with E-state index in [1.165, 1.54) is 0 Å². The van der Waals surface area contributed by atoms with Gasteiger partial charge in [-0.3, -0.25) is 4.98 Å². The lowest BCUT2D eigenvalue weighted by Crippen LogP contribution is -2.14. The van der Waals surface area contributed by atoms with Crippen molar-refractivity contribution in [2.24, 2.45) is 0 Å². The smallest absolute Gasteiger partial charge is 0.109 e. The molecule has 9 heteroatoms. The van der Waals surface area contributed by atoms with Crippen LogP contribution in [0, 0.1) is 11.3 Å². The van der Waals surface area contributed by atoms with E-state index in [9.17, 15) is 5.26 Å². The zero-order valence-corrected chi connectivity index (χ0v) is 23.4. The molecule has 3 aromatic carbocycles. The van der Waals surface area contributed by atoms with Crippen LogP contribution in [0.5, 0.6) is 0 Å². The molecule has 2 N–H and O–H groups in total. The van der Waals surface area contributed by atoms with Gasteiger partial charge in [0.15, 0.2) is 0 Å². The molecule has 2 aromatic heterocycles. The highest BCUT2D eigenvalue weighted by Gasteiger charge is 2.27. The molecule has 0 radical (unpaired) electrons. The van der Waals surface area contributed by atoms with E-state index < -0.39 is 0 Å².